The van der Waals surface area contributed by atoms with Crippen molar-refractivity contribution in [3.63, 3.8) is 0 Å². The van der Waals surface area contributed by atoms with E-state index in [1.54, 1.807) is 63.4 Å². The van der Waals surface area contributed by atoms with E-state index in [0.29, 0.717) is 16.0 Å². The van der Waals surface area contributed by atoms with Gasteiger partial charge in [-0.1, -0.05) is 43.7 Å². The largest absolute Gasteiger partial charge is 0.456 e. The summed E-state index contributed by atoms with van der Waals surface area (Å²) in [6.45, 7) is 8.89. The lowest BCUT2D eigenvalue weighted by atomic mass is 9.45. The number of carbonyl (C=O) groups excluding carboxylic acids is 5. The van der Waals surface area contributed by atoms with Crippen molar-refractivity contribution in [1.82, 2.24) is 5.32 Å². The molecule has 280 valence electrons. The summed E-state index contributed by atoms with van der Waals surface area (Å²) in [6, 6.07) is 10.3. The Morgan fingerprint density at radius 3 is 2.31 bits per heavy atom. The summed E-state index contributed by atoms with van der Waals surface area (Å²) < 4.78 is 24.1. The van der Waals surface area contributed by atoms with Crippen LogP contribution in [0.25, 0.3) is 0 Å². The number of aliphatic hydroxyl groups excluding tert-OH is 2. The monoisotopic (exact) mass is 739 g/mol. The van der Waals surface area contributed by atoms with Gasteiger partial charge in [-0.25, -0.2) is 9.59 Å². The first-order chi connectivity index (χ1) is 24.4. The molecule has 2 bridgehead atoms. The molecule has 1 aromatic heterocycles. The first-order valence-electron chi connectivity index (χ1n) is 17.3. The number of rotatable bonds is 8. The molecule has 3 aliphatic carbocycles. The van der Waals surface area contributed by atoms with E-state index < -0.39 is 94.1 Å². The molecule has 2 heterocycles. The second-order valence-electron chi connectivity index (χ2n) is 15.1. The first-order valence-corrected chi connectivity index (χ1v) is 18.2. The highest BCUT2D eigenvalue weighted by atomic mass is 32.1. The van der Waals surface area contributed by atoms with E-state index >= 15 is 0 Å². The summed E-state index contributed by atoms with van der Waals surface area (Å²) in [5.41, 5.74) is -5.77. The average molecular weight is 740 g/mol. The number of ketones is 1. The SMILES string of the molecule is CC(=O)N[C@@H](c1cccs1)[C@@H](O)C(=O)OC1C[C@@]2(O)[C@@H](OC(=O)c3ccccc3)[C@@H]3[C@]4(OC(C)=O)CO[C@@H]4C[C@H](O)[C@@]3(C)C(=O)CC(=C1C)C2(C)C. The van der Waals surface area contributed by atoms with E-state index in [-0.39, 0.29) is 31.4 Å². The van der Waals surface area contributed by atoms with Crippen LogP contribution >= 0.6 is 11.3 Å². The number of Topliss-reactive ketones (excluding diaryl/α,β-unsaturated/α-hetero) is 1. The van der Waals surface area contributed by atoms with Gasteiger partial charge in [-0.3, -0.25) is 14.4 Å². The third kappa shape index (κ3) is 5.88. The minimum atomic E-state index is -2.13. The standard InChI is InChI=1S/C38H45NO12S/c1-19-23-15-26(42)36(6)27(43)16-28-37(18-48-28,51-21(3)41)31(36)32(50-33(45)22-11-8-7-9-12-22)38(47,35(23,4)5)17-24(19)49-34(46)30(44)29(39-20(2)40)25-13-10-14-52-25/h7-14,24,27-32,43-44,47H,15-18H2,1-6H3,(H,39,40)/t24?,27-,28+,29-,30+,31-,32-,36+,37-,38+/m0/s1. The molecular formula is C38H45NO12S. The second kappa shape index (κ2) is 13.5. The van der Waals surface area contributed by atoms with Crippen molar-refractivity contribution >= 4 is 40.9 Å². The zero-order chi connectivity index (χ0) is 38.0. The number of thiophene rings is 1. The Balaban J connectivity index is 1.50. The van der Waals surface area contributed by atoms with Gasteiger partial charge in [-0.15, -0.1) is 11.3 Å². The van der Waals surface area contributed by atoms with Crippen LogP contribution in [-0.2, 0) is 38.1 Å². The molecule has 1 saturated heterocycles. The van der Waals surface area contributed by atoms with Gasteiger partial charge in [0.1, 0.15) is 35.7 Å². The van der Waals surface area contributed by atoms with Gasteiger partial charge in [0, 0.05) is 43.4 Å². The highest BCUT2D eigenvalue weighted by Gasteiger charge is 2.77. The molecule has 0 radical (unpaired) electrons. The highest BCUT2D eigenvalue weighted by Crippen LogP contribution is 2.64. The Hall–Kier alpha value is -3.95. The predicted octanol–water partition coefficient (Wildman–Crippen LogP) is 2.96. The fourth-order valence-corrected chi connectivity index (χ4v) is 9.74. The lowest BCUT2D eigenvalue weighted by Crippen LogP contribution is -2.80. The van der Waals surface area contributed by atoms with Crippen molar-refractivity contribution in [2.24, 2.45) is 16.7 Å². The Kier molecular flexibility index (Phi) is 9.79. The Labute approximate surface area is 305 Å². The second-order valence-corrected chi connectivity index (χ2v) is 16.1. The highest BCUT2D eigenvalue weighted by molar-refractivity contribution is 7.10. The number of benzene rings is 1. The maximum atomic E-state index is 14.8. The third-order valence-corrected chi connectivity index (χ3v) is 12.9. The van der Waals surface area contributed by atoms with Crippen molar-refractivity contribution in [1.29, 1.82) is 0 Å². The summed E-state index contributed by atoms with van der Waals surface area (Å²) in [5, 5.41) is 40.6. The fourth-order valence-electron chi connectivity index (χ4n) is 8.93. The average Bonchev–Trinajstić information content (AvgIpc) is 3.62. The molecule has 1 aromatic carbocycles. The zero-order valence-corrected chi connectivity index (χ0v) is 30.7. The van der Waals surface area contributed by atoms with Crippen LogP contribution in [0.4, 0.5) is 0 Å². The number of nitrogens with one attached hydrogen (secondary N) is 1. The molecule has 2 aromatic rings. The van der Waals surface area contributed by atoms with Gasteiger partial charge in [-0.2, -0.15) is 0 Å². The zero-order valence-electron chi connectivity index (χ0n) is 29.9. The van der Waals surface area contributed by atoms with Crippen molar-refractivity contribution < 1.29 is 58.2 Å². The van der Waals surface area contributed by atoms with Gasteiger partial charge in [-0.05, 0) is 43.0 Å². The van der Waals surface area contributed by atoms with Crippen LogP contribution < -0.4 is 5.32 Å². The van der Waals surface area contributed by atoms with Crippen LogP contribution in [0.3, 0.4) is 0 Å². The normalized spacial score (nSPS) is 34.6. The number of amides is 1. The quantitative estimate of drug-likeness (QED) is 0.176. The van der Waals surface area contributed by atoms with Crippen LogP contribution in [0.2, 0.25) is 0 Å². The van der Waals surface area contributed by atoms with Crippen molar-refractivity contribution in [2.75, 3.05) is 6.61 Å². The Morgan fingerprint density at radius 1 is 1.04 bits per heavy atom. The number of fused-ring (bicyclic) bond motifs is 5. The van der Waals surface area contributed by atoms with Crippen LogP contribution in [0.1, 0.15) is 82.1 Å². The van der Waals surface area contributed by atoms with Crippen LogP contribution in [0.15, 0.2) is 59.0 Å². The van der Waals surface area contributed by atoms with Gasteiger partial charge in [0.15, 0.2) is 11.7 Å². The number of carbonyl (C=O) groups is 5. The molecular weight excluding hydrogens is 694 g/mol. The number of aliphatic hydroxyl groups is 3. The van der Waals surface area contributed by atoms with Crippen LogP contribution in [0.5, 0.6) is 0 Å². The Bertz CT molecular complexity index is 1790. The van der Waals surface area contributed by atoms with Crippen LogP contribution in [0, 0.1) is 16.7 Å². The number of ether oxygens (including phenoxy) is 4. The van der Waals surface area contributed by atoms with Crippen molar-refractivity contribution in [2.45, 2.75) is 109 Å². The fraction of sp³-hybridized carbons (Fsp3) is 0.553. The van der Waals surface area contributed by atoms with Gasteiger partial charge >= 0.3 is 17.9 Å². The van der Waals surface area contributed by atoms with E-state index in [9.17, 15) is 39.3 Å². The predicted molar refractivity (Wildman–Crippen MR) is 185 cm³/mol. The van der Waals surface area contributed by atoms with E-state index in [4.69, 9.17) is 18.9 Å². The molecule has 3 fully saturated rings. The van der Waals surface area contributed by atoms with E-state index in [1.165, 1.54) is 37.3 Å². The molecule has 1 aliphatic heterocycles. The van der Waals surface area contributed by atoms with Gasteiger partial charge in [0.2, 0.25) is 5.91 Å². The van der Waals surface area contributed by atoms with Gasteiger partial charge in [0.05, 0.1) is 29.6 Å². The third-order valence-electron chi connectivity index (χ3n) is 12.0. The molecule has 14 heteroatoms. The molecule has 1 unspecified atom stereocenters. The lowest BCUT2D eigenvalue weighted by molar-refractivity contribution is -0.344. The molecule has 6 rings (SSSR count). The van der Waals surface area contributed by atoms with Crippen LogP contribution in [-0.4, -0.2) is 93.2 Å². The molecule has 13 nitrogen and oxygen atoms in total. The maximum Gasteiger partial charge on any atom is 0.338 e. The number of hydrogen-bond donors (Lipinski definition) is 4. The molecule has 10 atom stereocenters. The van der Waals surface area contributed by atoms with Crippen molar-refractivity contribution in [3.05, 3.63) is 69.4 Å². The summed E-state index contributed by atoms with van der Waals surface area (Å²) in [5.74, 6) is -4.89. The summed E-state index contributed by atoms with van der Waals surface area (Å²) in [6.07, 6.45) is -7.65. The first kappa shape index (κ1) is 37.8. The van der Waals surface area contributed by atoms with Gasteiger partial charge in [0.25, 0.3) is 0 Å². The number of hydrogen-bond acceptors (Lipinski definition) is 13. The van der Waals surface area contributed by atoms with E-state index in [0.717, 1.165) is 0 Å². The minimum Gasteiger partial charge on any atom is -0.456 e. The van der Waals surface area contributed by atoms with Gasteiger partial charge < -0.3 is 39.6 Å². The number of esters is 3. The summed E-state index contributed by atoms with van der Waals surface area (Å²) in [4.78, 5) is 67.8. The summed E-state index contributed by atoms with van der Waals surface area (Å²) >= 11 is 1.22. The molecule has 1 amide bonds. The molecule has 2 saturated carbocycles. The maximum absolute atomic E-state index is 14.8. The Morgan fingerprint density at radius 2 is 1.73 bits per heavy atom. The smallest absolute Gasteiger partial charge is 0.338 e. The van der Waals surface area contributed by atoms with Crippen molar-refractivity contribution in [3.8, 4) is 0 Å². The molecule has 52 heavy (non-hydrogen) atoms. The minimum absolute atomic E-state index is 0.0525. The topological polar surface area (TPSA) is 195 Å². The molecule has 4 aliphatic rings. The summed E-state index contributed by atoms with van der Waals surface area (Å²) in [7, 11) is 0. The molecule has 0 spiro atoms. The van der Waals surface area contributed by atoms with E-state index in [2.05, 4.69) is 5.32 Å². The lowest BCUT2D eigenvalue weighted by Gasteiger charge is -2.67. The molecule has 4 N–H and O–H groups in total. The van der Waals surface area contributed by atoms with E-state index in [1.807, 2.05) is 0 Å².